The molecule has 2 aromatic rings. The van der Waals surface area contributed by atoms with E-state index in [0.717, 1.165) is 0 Å². The maximum Gasteiger partial charge on any atom is 0.237 e. The van der Waals surface area contributed by atoms with Crippen molar-refractivity contribution in [1.82, 2.24) is 0 Å². The fourth-order valence-electron chi connectivity index (χ4n) is 2.88. The minimum Gasteiger partial charge on any atom is -0.325 e. The first kappa shape index (κ1) is 19.0. The van der Waals surface area contributed by atoms with Crippen LogP contribution in [-0.2, 0) is 9.59 Å². The van der Waals surface area contributed by atoms with E-state index in [4.69, 9.17) is 0 Å². The predicted octanol–water partition coefficient (Wildman–Crippen LogP) is 3.50. The molecule has 0 unspecified atom stereocenters. The first-order valence-corrected chi connectivity index (χ1v) is 9.53. The molecule has 0 saturated heterocycles. The molecule has 0 aliphatic heterocycles. The Labute approximate surface area is 161 Å². The van der Waals surface area contributed by atoms with Crippen molar-refractivity contribution >= 4 is 40.7 Å². The van der Waals surface area contributed by atoms with Gasteiger partial charge in [0.2, 0.25) is 5.91 Å². The van der Waals surface area contributed by atoms with Gasteiger partial charge in [-0.25, -0.2) is 0 Å². The second-order valence-corrected chi connectivity index (χ2v) is 8.17. The first-order chi connectivity index (χ1) is 12.8. The van der Waals surface area contributed by atoms with E-state index in [1.165, 1.54) is 24.8 Å². The number of anilines is 1. The molecule has 1 aliphatic carbocycles. The molecular weight excluding hydrogens is 362 g/mol. The zero-order valence-electron chi connectivity index (χ0n) is 15.2. The van der Waals surface area contributed by atoms with Gasteiger partial charge in [0.15, 0.2) is 11.6 Å². The van der Waals surface area contributed by atoms with E-state index >= 15 is 0 Å². The average Bonchev–Trinajstić information content (AvgIpc) is 2.65. The summed E-state index contributed by atoms with van der Waals surface area (Å²) in [6, 6.07) is 11.4. The minimum atomic E-state index is -0.432. The van der Waals surface area contributed by atoms with Crippen LogP contribution in [0.3, 0.4) is 0 Å². The molecule has 0 heterocycles. The second-order valence-electron chi connectivity index (χ2n) is 6.48. The summed E-state index contributed by atoms with van der Waals surface area (Å²) in [5.41, 5.74) is 1.84. The van der Waals surface area contributed by atoms with Crippen molar-refractivity contribution in [2.75, 3.05) is 5.32 Å². The van der Waals surface area contributed by atoms with Gasteiger partial charge < -0.3 is 5.32 Å². The number of hydrogen-bond donors (Lipinski definition) is 1. The van der Waals surface area contributed by atoms with Crippen LogP contribution in [0.5, 0.6) is 0 Å². The van der Waals surface area contributed by atoms with Gasteiger partial charge in [-0.15, -0.1) is 11.8 Å². The van der Waals surface area contributed by atoms with Crippen molar-refractivity contribution in [3.05, 3.63) is 64.7 Å². The molecule has 1 amide bonds. The maximum absolute atomic E-state index is 12.7. The number of Topliss-reactive ketones (excluding diaryl/α,β-unsaturated/α-hetero) is 1. The van der Waals surface area contributed by atoms with E-state index in [-0.39, 0.29) is 34.1 Å². The average molecular weight is 381 g/mol. The number of ketones is 3. The summed E-state index contributed by atoms with van der Waals surface area (Å²) in [4.78, 5) is 49.1. The first-order valence-electron chi connectivity index (χ1n) is 8.59. The molecule has 0 aromatic heterocycles. The highest BCUT2D eigenvalue weighted by Gasteiger charge is 2.29. The Bertz CT molecular complexity index is 966. The molecule has 0 radical (unpaired) electrons. The third-order valence-electron chi connectivity index (χ3n) is 4.54. The second kappa shape index (κ2) is 7.48. The lowest BCUT2D eigenvalue weighted by Gasteiger charge is -2.19. The highest BCUT2D eigenvalue weighted by Crippen LogP contribution is 2.29. The molecule has 1 N–H and O–H groups in total. The molecule has 0 fully saturated rings. The number of benzene rings is 2. The summed E-state index contributed by atoms with van der Waals surface area (Å²) in [7, 11) is 0. The Hall–Kier alpha value is -2.73. The van der Waals surface area contributed by atoms with Crippen LogP contribution >= 0.6 is 11.8 Å². The van der Waals surface area contributed by atoms with Gasteiger partial charge in [0, 0.05) is 27.9 Å². The van der Waals surface area contributed by atoms with E-state index in [0.29, 0.717) is 22.4 Å². The van der Waals surface area contributed by atoms with E-state index in [1.54, 1.807) is 50.2 Å². The van der Waals surface area contributed by atoms with E-state index in [9.17, 15) is 19.2 Å². The molecule has 2 atom stereocenters. The lowest BCUT2D eigenvalue weighted by atomic mass is 9.84. The molecule has 0 saturated carbocycles. The van der Waals surface area contributed by atoms with Crippen LogP contribution in [0.15, 0.2) is 42.5 Å². The third kappa shape index (κ3) is 3.71. The Morgan fingerprint density at radius 1 is 0.852 bits per heavy atom. The molecule has 1 aliphatic rings. The smallest absolute Gasteiger partial charge is 0.237 e. The minimum absolute atomic E-state index is 0.0104. The molecule has 138 valence electrons. The highest BCUT2D eigenvalue weighted by molar-refractivity contribution is 8.01. The molecule has 0 bridgehead atoms. The summed E-state index contributed by atoms with van der Waals surface area (Å²) in [6.45, 7) is 4.98. The monoisotopic (exact) mass is 381 g/mol. The zero-order valence-corrected chi connectivity index (χ0v) is 16.1. The number of fused-ring (bicyclic) bond motifs is 2. The Kier molecular flexibility index (Phi) is 5.28. The van der Waals surface area contributed by atoms with Gasteiger partial charge in [0.25, 0.3) is 0 Å². The number of carbonyl (C=O) groups excluding carboxylic acids is 4. The molecule has 6 heteroatoms. The Morgan fingerprint density at radius 2 is 1.41 bits per heavy atom. The van der Waals surface area contributed by atoms with Crippen LogP contribution < -0.4 is 5.32 Å². The van der Waals surface area contributed by atoms with Gasteiger partial charge in [0.1, 0.15) is 5.78 Å². The van der Waals surface area contributed by atoms with Crippen molar-refractivity contribution in [3.63, 3.8) is 0 Å². The molecular formula is C21H19NO4S. The van der Waals surface area contributed by atoms with Crippen LogP contribution in [-0.4, -0.2) is 33.8 Å². The van der Waals surface area contributed by atoms with E-state index < -0.39 is 5.25 Å². The summed E-state index contributed by atoms with van der Waals surface area (Å²) in [5.74, 6) is -0.680. The van der Waals surface area contributed by atoms with E-state index in [2.05, 4.69) is 5.32 Å². The molecule has 5 nitrogen and oxygen atoms in total. The van der Waals surface area contributed by atoms with Crippen molar-refractivity contribution < 1.29 is 19.2 Å². The predicted molar refractivity (Wildman–Crippen MR) is 106 cm³/mol. The van der Waals surface area contributed by atoms with Gasteiger partial charge in [-0.05, 0) is 39.0 Å². The van der Waals surface area contributed by atoms with Crippen molar-refractivity contribution in [2.45, 2.75) is 31.3 Å². The van der Waals surface area contributed by atoms with Crippen LogP contribution in [0.25, 0.3) is 0 Å². The number of amides is 1. The normalized spacial score (nSPS) is 14.8. The van der Waals surface area contributed by atoms with Crippen LogP contribution in [0, 0.1) is 0 Å². The van der Waals surface area contributed by atoms with Gasteiger partial charge in [0.05, 0.1) is 10.5 Å². The Morgan fingerprint density at radius 3 is 2.00 bits per heavy atom. The summed E-state index contributed by atoms with van der Waals surface area (Å²) in [6.07, 6.45) is 0. The number of carbonyl (C=O) groups is 4. The van der Waals surface area contributed by atoms with Crippen molar-refractivity contribution in [3.8, 4) is 0 Å². The molecule has 27 heavy (non-hydrogen) atoms. The van der Waals surface area contributed by atoms with Gasteiger partial charge in [-0.3, -0.25) is 19.2 Å². The fraction of sp³-hybridized carbons (Fsp3) is 0.238. The van der Waals surface area contributed by atoms with Crippen LogP contribution in [0.2, 0.25) is 0 Å². The lowest BCUT2D eigenvalue weighted by molar-refractivity contribution is -0.116. The van der Waals surface area contributed by atoms with Crippen LogP contribution in [0.4, 0.5) is 5.69 Å². The van der Waals surface area contributed by atoms with Crippen molar-refractivity contribution in [1.29, 1.82) is 0 Å². The van der Waals surface area contributed by atoms with E-state index in [1.807, 2.05) is 0 Å². The standard InChI is InChI=1S/C21H19NO4S/c1-11(23)12(2)27-13(3)21(26)22-14-8-9-17-18(10-14)20(25)16-7-5-4-6-15(16)19(17)24/h4-10,12-13H,1-3H3,(H,22,26)/t12-,13+/m0/s1. The molecule has 0 spiro atoms. The summed E-state index contributed by atoms with van der Waals surface area (Å²) >= 11 is 1.27. The highest BCUT2D eigenvalue weighted by atomic mass is 32.2. The van der Waals surface area contributed by atoms with Gasteiger partial charge >= 0.3 is 0 Å². The van der Waals surface area contributed by atoms with Gasteiger partial charge in [-0.1, -0.05) is 24.3 Å². The maximum atomic E-state index is 12.7. The number of hydrogen-bond acceptors (Lipinski definition) is 5. The fourth-order valence-corrected chi connectivity index (χ4v) is 3.87. The van der Waals surface area contributed by atoms with Crippen LogP contribution in [0.1, 0.15) is 52.6 Å². The molecule has 2 aromatic carbocycles. The topological polar surface area (TPSA) is 80.3 Å². The lowest BCUT2D eigenvalue weighted by Crippen LogP contribution is -2.26. The number of rotatable bonds is 5. The summed E-state index contributed by atoms with van der Waals surface area (Å²) in [5, 5.41) is 2.06. The number of thioether (sulfide) groups is 1. The third-order valence-corrected chi connectivity index (χ3v) is 5.91. The number of nitrogens with one attached hydrogen (secondary N) is 1. The molecule has 3 rings (SSSR count). The Balaban J connectivity index is 1.82. The SMILES string of the molecule is CC(=O)[C@H](C)S[C@H](C)C(=O)Nc1ccc2c(c1)C(=O)c1ccccc1C2=O. The van der Waals surface area contributed by atoms with Crippen molar-refractivity contribution in [2.24, 2.45) is 0 Å². The quantitative estimate of drug-likeness (QED) is 0.732. The zero-order chi connectivity index (χ0) is 19.7. The largest absolute Gasteiger partial charge is 0.325 e. The van der Waals surface area contributed by atoms with Gasteiger partial charge in [-0.2, -0.15) is 0 Å². The summed E-state index contributed by atoms with van der Waals surface area (Å²) < 4.78 is 0.